The van der Waals surface area contributed by atoms with E-state index in [-0.39, 0.29) is 52.8 Å². The Hall–Kier alpha value is -4.05. The number of aliphatic hydroxyl groups excluding tert-OH is 1. The number of nitrogens with one attached hydrogen (secondary N) is 3. The van der Waals surface area contributed by atoms with Gasteiger partial charge in [0.15, 0.2) is 5.75 Å². The van der Waals surface area contributed by atoms with Crippen molar-refractivity contribution in [2.75, 3.05) is 30.3 Å². The van der Waals surface area contributed by atoms with Gasteiger partial charge in [-0.15, -0.1) is 0 Å². The summed E-state index contributed by atoms with van der Waals surface area (Å²) in [5.74, 6) is -0.668. The van der Waals surface area contributed by atoms with E-state index in [1.807, 2.05) is 37.3 Å². The minimum absolute atomic E-state index is 0.000712. The minimum atomic E-state index is -0.513. The zero-order valence-corrected chi connectivity index (χ0v) is 20.3. The quantitative estimate of drug-likeness (QED) is 0.304. The molecule has 1 aromatic heterocycles. The molecule has 1 saturated heterocycles. The molecule has 0 bridgehead atoms. The van der Waals surface area contributed by atoms with Gasteiger partial charge in [-0.2, -0.15) is 0 Å². The number of hydrogen-bond donors (Lipinski definition) is 5. The second-order valence-corrected chi connectivity index (χ2v) is 8.99. The van der Waals surface area contributed by atoms with Gasteiger partial charge in [-0.1, -0.05) is 43.3 Å². The first kappa shape index (κ1) is 25.1. The number of aliphatic hydroxyl groups is 1. The molecule has 1 aliphatic heterocycles. The van der Waals surface area contributed by atoms with Crippen molar-refractivity contribution < 1.29 is 15.0 Å². The lowest BCUT2D eigenvalue weighted by molar-refractivity contribution is 0.0779. The third kappa shape index (κ3) is 4.99. The molecule has 3 aromatic rings. The van der Waals surface area contributed by atoms with Gasteiger partial charge in [-0.05, 0) is 30.5 Å². The molecule has 1 aliphatic rings. The number of carbonyl (C=O) groups excluding carboxylic acids is 1. The topological polar surface area (TPSA) is 140 Å². The Kier molecular flexibility index (Phi) is 7.44. The number of aryl methyl sites for hydroxylation is 1. The smallest absolute Gasteiger partial charge is 0.290 e. The predicted octanol–water partition coefficient (Wildman–Crippen LogP) is 2.54. The van der Waals surface area contributed by atoms with Gasteiger partial charge in [-0.3, -0.25) is 24.2 Å². The lowest BCUT2D eigenvalue weighted by Crippen LogP contribution is -2.32. The number of aromatic nitrogens is 2. The summed E-state index contributed by atoms with van der Waals surface area (Å²) in [6.07, 6.45) is 1.34. The molecule has 0 aliphatic carbocycles. The predicted molar refractivity (Wildman–Crippen MR) is 138 cm³/mol. The van der Waals surface area contributed by atoms with Gasteiger partial charge in [0.1, 0.15) is 11.4 Å². The highest BCUT2D eigenvalue weighted by Gasteiger charge is 2.29. The Balaban J connectivity index is 1.69. The summed E-state index contributed by atoms with van der Waals surface area (Å²) in [6.45, 7) is 2.86. The third-order valence-corrected chi connectivity index (χ3v) is 6.55. The van der Waals surface area contributed by atoms with Crippen LogP contribution < -0.4 is 21.8 Å². The highest BCUT2D eigenvalue weighted by atomic mass is 16.3. The van der Waals surface area contributed by atoms with Crippen LogP contribution in [-0.4, -0.2) is 50.5 Å². The number of hydrogen-bond acceptors (Lipinski definition) is 7. The second kappa shape index (κ2) is 10.7. The fraction of sp³-hybridized carbons (Fsp3) is 0.346. The van der Waals surface area contributed by atoms with E-state index in [4.69, 9.17) is 0 Å². The zero-order chi connectivity index (χ0) is 25.8. The number of carbonyl (C=O) groups is 1. The molecule has 36 heavy (non-hydrogen) atoms. The van der Waals surface area contributed by atoms with Crippen molar-refractivity contribution in [2.24, 2.45) is 13.0 Å². The number of aromatic hydroxyl groups is 1. The zero-order valence-electron chi connectivity index (χ0n) is 20.3. The first-order chi connectivity index (χ1) is 17.3. The van der Waals surface area contributed by atoms with Gasteiger partial charge in [0.25, 0.3) is 17.0 Å². The number of rotatable bonds is 8. The summed E-state index contributed by atoms with van der Waals surface area (Å²) in [4.78, 5) is 40.6. The highest BCUT2D eigenvalue weighted by Crippen LogP contribution is 2.33. The number of benzene rings is 2. The standard InChI is InChI=1S/C26H31N5O5/c1-3-19(17-8-5-4-6-9-17)27-21-22(26(36)30(2)29-24(21)34)28-20-11-7-10-18(23(20)33)25(35)31-13-12-16(14-31)15-32/h4-11,16,19,27-28,32-33H,3,12-15H2,1-2H3,(H,29,34). The average Bonchev–Trinajstić information content (AvgIpc) is 3.37. The molecule has 0 saturated carbocycles. The summed E-state index contributed by atoms with van der Waals surface area (Å²) in [5.41, 5.74) is 0.123. The van der Waals surface area contributed by atoms with Gasteiger partial charge < -0.3 is 25.7 Å². The molecule has 10 nitrogen and oxygen atoms in total. The monoisotopic (exact) mass is 493 g/mol. The lowest BCUT2D eigenvalue weighted by Gasteiger charge is -2.22. The number of H-pyrrole nitrogens is 1. The summed E-state index contributed by atoms with van der Waals surface area (Å²) in [7, 11) is 1.43. The minimum Gasteiger partial charge on any atom is -0.505 e. The summed E-state index contributed by atoms with van der Waals surface area (Å²) < 4.78 is 1.06. The average molecular weight is 494 g/mol. The molecular weight excluding hydrogens is 462 g/mol. The fourth-order valence-corrected chi connectivity index (χ4v) is 4.47. The van der Waals surface area contributed by atoms with Crippen molar-refractivity contribution in [1.29, 1.82) is 0 Å². The Morgan fingerprint density at radius 2 is 1.89 bits per heavy atom. The maximum atomic E-state index is 13.1. The maximum Gasteiger partial charge on any atom is 0.290 e. The van der Waals surface area contributed by atoms with Crippen molar-refractivity contribution in [3.8, 4) is 5.75 Å². The molecule has 190 valence electrons. The number of likely N-dealkylation sites (tertiary alicyclic amines) is 1. The van der Waals surface area contributed by atoms with Crippen LogP contribution in [0.5, 0.6) is 5.75 Å². The van der Waals surface area contributed by atoms with Crippen LogP contribution >= 0.6 is 0 Å². The second-order valence-electron chi connectivity index (χ2n) is 8.99. The number of para-hydroxylation sites is 1. The Labute approximate surface area is 208 Å². The van der Waals surface area contributed by atoms with Crippen molar-refractivity contribution in [3.05, 3.63) is 80.4 Å². The maximum absolute atomic E-state index is 13.1. The van der Waals surface area contributed by atoms with Crippen LogP contribution in [0.15, 0.2) is 58.1 Å². The van der Waals surface area contributed by atoms with E-state index >= 15 is 0 Å². The first-order valence-electron chi connectivity index (χ1n) is 12.0. The Morgan fingerprint density at radius 1 is 1.14 bits per heavy atom. The molecule has 10 heteroatoms. The number of phenolic OH excluding ortho intramolecular Hbond substituents is 1. The van der Waals surface area contributed by atoms with Crippen LogP contribution in [0.4, 0.5) is 17.1 Å². The van der Waals surface area contributed by atoms with Crippen LogP contribution in [0.25, 0.3) is 0 Å². The van der Waals surface area contributed by atoms with Crippen molar-refractivity contribution in [3.63, 3.8) is 0 Å². The van der Waals surface area contributed by atoms with Gasteiger partial charge in [0.2, 0.25) is 0 Å². The largest absolute Gasteiger partial charge is 0.505 e. The molecule has 2 unspecified atom stereocenters. The van der Waals surface area contributed by atoms with Crippen molar-refractivity contribution in [1.82, 2.24) is 14.7 Å². The molecule has 1 fully saturated rings. The van der Waals surface area contributed by atoms with Crippen LogP contribution in [0.3, 0.4) is 0 Å². The molecule has 0 radical (unpaired) electrons. The normalized spacial score (nSPS) is 16.1. The highest BCUT2D eigenvalue weighted by molar-refractivity contribution is 5.99. The van der Waals surface area contributed by atoms with Crippen LogP contribution in [0, 0.1) is 5.92 Å². The molecular formula is C26H31N5O5. The summed E-state index contributed by atoms with van der Waals surface area (Å²) in [5, 5.41) is 28.9. The van der Waals surface area contributed by atoms with Gasteiger partial charge in [0, 0.05) is 32.7 Å². The van der Waals surface area contributed by atoms with Crippen molar-refractivity contribution >= 4 is 23.0 Å². The number of amides is 1. The molecule has 0 spiro atoms. The van der Waals surface area contributed by atoms with E-state index in [0.29, 0.717) is 25.9 Å². The Morgan fingerprint density at radius 3 is 2.56 bits per heavy atom. The van der Waals surface area contributed by atoms with Gasteiger partial charge in [0.05, 0.1) is 17.3 Å². The number of aromatic amines is 1. The molecule has 2 heterocycles. The molecule has 5 N–H and O–H groups in total. The number of phenols is 1. The van der Waals surface area contributed by atoms with Gasteiger partial charge in [-0.25, -0.2) is 0 Å². The fourth-order valence-electron chi connectivity index (χ4n) is 4.47. The van der Waals surface area contributed by atoms with E-state index in [0.717, 1.165) is 10.2 Å². The van der Waals surface area contributed by atoms with E-state index in [1.165, 1.54) is 19.2 Å². The van der Waals surface area contributed by atoms with E-state index in [1.54, 1.807) is 11.0 Å². The molecule has 2 aromatic carbocycles. The number of nitrogens with zero attached hydrogens (tertiary/aromatic N) is 2. The summed E-state index contributed by atoms with van der Waals surface area (Å²) in [6, 6.07) is 14.0. The third-order valence-electron chi connectivity index (χ3n) is 6.55. The summed E-state index contributed by atoms with van der Waals surface area (Å²) >= 11 is 0. The SMILES string of the molecule is CCC(Nc1c(Nc2cccc(C(=O)N3CCC(CO)C3)c2O)c(=O)n(C)[nH]c1=O)c1ccccc1. The lowest BCUT2D eigenvalue weighted by atomic mass is 10.0. The van der Waals surface area contributed by atoms with Crippen LogP contribution in [0.1, 0.15) is 41.7 Å². The van der Waals surface area contributed by atoms with E-state index in [2.05, 4.69) is 15.7 Å². The van der Waals surface area contributed by atoms with E-state index in [9.17, 15) is 24.6 Å². The molecule has 2 atom stereocenters. The van der Waals surface area contributed by atoms with Crippen LogP contribution in [-0.2, 0) is 7.05 Å². The van der Waals surface area contributed by atoms with Crippen molar-refractivity contribution in [2.45, 2.75) is 25.8 Å². The molecule has 1 amide bonds. The number of anilines is 3. The first-order valence-corrected chi connectivity index (χ1v) is 12.0. The van der Waals surface area contributed by atoms with E-state index < -0.39 is 11.1 Å². The van der Waals surface area contributed by atoms with Crippen LogP contribution in [0.2, 0.25) is 0 Å². The Bertz CT molecular complexity index is 1350. The van der Waals surface area contributed by atoms with Gasteiger partial charge >= 0.3 is 0 Å². The molecule has 4 rings (SSSR count).